The van der Waals surface area contributed by atoms with Gasteiger partial charge in [-0.05, 0) is 81.1 Å². The van der Waals surface area contributed by atoms with Gasteiger partial charge in [0.25, 0.3) is 5.56 Å². The van der Waals surface area contributed by atoms with E-state index in [2.05, 4.69) is 24.5 Å². The van der Waals surface area contributed by atoms with E-state index < -0.39 is 0 Å². The molecule has 1 fully saturated rings. The van der Waals surface area contributed by atoms with Crippen LogP contribution in [0, 0.1) is 11.8 Å². The van der Waals surface area contributed by atoms with Gasteiger partial charge < -0.3 is 15.4 Å². The summed E-state index contributed by atoms with van der Waals surface area (Å²) in [5.41, 5.74) is 1.53. The first kappa shape index (κ1) is 23.5. The third-order valence-corrected chi connectivity index (χ3v) is 6.59. The molecule has 2 aromatic carbocycles. The van der Waals surface area contributed by atoms with Crippen LogP contribution in [-0.4, -0.2) is 41.8 Å². The average molecular weight is 449 g/mol. The molecular weight excluding hydrogens is 412 g/mol. The first-order valence-corrected chi connectivity index (χ1v) is 12.3. The molecule has 6 nitrogen and oxygen atoms in total. The molecule has 6 heteroatoms. The Hall–Kier alpha value is -2.70. The molecule has 0 saturated carbocycles. The van der Waals surface area contributed by atoms with E-state index in [0.29, 0.717) is 36.3 Å². The number of piperidine rings is 1. The number of rotatable bonds is 9. The van der Waals surface area contributed by atoms with Crippen LogP contribution in [-0.2, 0) is 6.42 Å². The molecule has 3 aromatic rings. The van der Waals surface area contributed by atoms with Crippen molar-refractivity contribution in [3.05, 3.63) is 64.7 Å². The van der Waals surface area contributed by atoms with Crippen molar-refractivity contribution in [2.24, 2.45) is 11.8 Å². The van der Waals surface area contributed by atoms with Gasteiger partial charge in [-0.1, -0.05) is 26.0 Å². The molecule has 0 bridgehead atoms. The van der Waals surface area contributed by atoms with Crippen molar-refractivity contribution >= 4 is 10.9 Å². The SMILES string of the molecule is CCOc1ccc(-n2c(CCNC(C(C)C)C3CCNCC3)nc3ccccc3c2=O)cc1. The second kappa shape index (κ2) is 10.9. The monoisotopic (exact) mass is 448 g/mol. The maximum Gasteiger partial charge on any atom is 0.265 e. The van der Waals surface area contributed by atoms with E-state index in [1.165, 1.54) is 12.8 Å². The van der Waals surface area contributed by atoms with E-state index in [4.69, 9.17) is 9.72 Å². The van der Waals surface area contributed by atoms with Gasteiger partial charge in [0.05, 0.1) is 23.2 Å². The lowest BCUT2D eigenvalue weighted by Crippen LogP contribution is -2.45. The summed E-state index contributed by atoms with van der Waals surface area (Å²) in [6.07, 6.45) is 3.10. The second-order valence-corrected chi connectivity index (χ2v) is 9.17. The minimum atomic E-state index is -0.0291. The van der Waals surface area contributed by atoms with Gasteiger partial charge >= 0.3 is 0 Å². The van der Waals surface area contributed by atoms with Crippen molar-refractivity contribution < 1.29 is 4.74 Å². The van der Waals surface area contributed by atoms with Crippen molar-refractivity contribution in [2.75, 3.05) is 26.2 Å². The molecule has 2 N–H and O–H groups in total. The van der Waals surface area contributed by atoms with Crippen LogP contribution in [0.15, 0.2) is 53.3 Å². The Bertz CT molecular complexity index is 1100. The fourth-order valence-corrected chi connectivity index (χ4v) is 4.97. The van der Waals surface area contributed by atoms with Crippen LogP contribution in [0.2, 0.25) is 0 Å². The predicted molar refractivity (Wildman–Crippen MR) is 134 cm³/mol. The summed E-state index contributed by atoms with van der Waals surface area (Å²) in [6.45, 7) is 10.1. The molecule has 1 saturated heterocycles. The van der Waals surface area contributed by atoms with E-state index >= 15 is 0 Å². The van der Waals surface area contributed by atoms with Gasteiger partial charge in [0.2, 0.25) is 0 Å². The van der Waals surface area contributed by atoms with Crippen LogP contribution in [0.1, 0.15) is 39.4 Å². The predicted octanol–water partition coefficient (Wildman–Crippen LogP) is 3.94. The van der Waals surface area contributed by atoms with Crippen molar-refractivity contribution in [1.29, 1.82) is 0 Å². The highest BCUT2D eigenvalue weighted by Crippen LogP contribution is 2.22. The van der Waals surface area contributed by atoms with Gasteiger partial charge in [-0.2, -0.15) is 0 Å². The fourth-order valence-electron chi connectivity index (χ4n) is 4.97. The lowest BCUT2D eigenvalue weighted by atomic mass is 9.84. The Balaban J connectivity index is 1.61. The van der Waals surface area contributed by atoms with Crippen LogP contribution >= 0.6 is 0 Å². The quantitative estimate of drug-likeness (QED) is 0.519. The summed E-state index contributed by atoms with van der Waals surface area (Å²) in [5.74, 6) is 2.83. The first-order chi connectivity index (χ1) is 16.1. The molecule has 0 radical (unpaired) electrons. The molecule has 1 aliphatic rings. The largest absolute Gasteiger partial charge is 0.494 e. The van der Waals surface area contributed by atoms with Crippen LogP contribution in [0.5, 0.6) is 5.75 Å². The fraction of sp³-hybridized carbons (Fsp3) is 0.481. The van der Waals surface area contributed by atoms with Crippen LogP contribution in [0.3, 0.4) is 0 Å². The summed E-state index contributed by atoms with van der Waals surface area (Å²) in [7, 11) is 0. The second-order valence-electron chi connectivity index (χ2n) is 9.17. The Morgan fingerprint density at radius 3 is 2.55 bits per heavy atom. The number of hydrogen-bond donors (Lipinski definition) is 2. The zero-order valence-corrected chi connectivity index (χ0v) is 20.0. The molecule has 0 spiro atoms. The maximum absolute atomic E-state index is 13.5. The molecule has 1 unspecified atom stereocenters. The van der Waals surface area contributed by atoms with Gasteiger partial charge in [-0.15, -0.1) is 0 Å². The van der Waals surface area contributed by atoms with E-state index in [1.54, 1.807) is 4.57 Å². The Kier molecular flexibility index (Phi) is 7.78. The molecule has 2 heterocycles. The molecule has 1 aromatic heterocycles. The van der Waals surface area contributed by atoms with Crippen LogP contribution in [0.4, 0.5) is 0 Å². The highest BCUT2D eigenvalue weighted by molar-refractivity contribution is 5.77. The molecular formula is C27H36N4O2. The number of fused-ring (bicyclic) bond motifs is 1. The summed E-state index contributed by atoms with van der Waals surface area (Å²) < 4.78 is 7.34. The van der Waals surface area contributed by atoms with Crippen LogP contribution < -0.4 is 20.9 Å². The van der Waals surface area contributed by atoms with Crippen molar-refractivity contribution in [2.45, 2.75) is 46.1 Å². The van der Waals surface area contributed by atoms with Gasteiger partial charge in [0.1, 0.15) is 11.6 Å². The van der Waals surface area contributed by atoms with Gasteiger partial charge in [0, 0.05) is 19.0 Å². The van der Waals surface area contributed by atoms with Gasteiger partial charge in [-0.25, -0.2) is 4.98 Å². The highest BCUT2D eigenvalue weighted by atomic mass is 16.5. The van der Waals surface area contributed by atoms with Crippen molar-refractivity contribution in [1.82, 2.24) is 20.2 Å². The third-order valence-electron chi connectivity index (χ3n) is 6.59. The number of benzene rings is 2. The minimum Gasteiger partial charge on any atom is -0.494 e. The summed E-state index contributed by atoms with van der Waals surface area (Å²) in [6, 6.07) is 15.8. The van der Waals surface area contributed by atoms with Gasteiger partial charge in [0.15, 0.2) is 0 Å². The minimum absolute atomic E-state index is 0.0291. The number of para-hydroxylation sites is 1. The van der Waals surface area contributed by atoms with Crippen LogP contribution in [0.25, 0.3) is 16.6 Å². The molecule has 1 atom stereocenters. The molecule has 1 aliphatic heterocycles. The number of nitrogens with zero attached hydrogens (tertiary/aromatic N) is 2. The number of nitrogens with one attached hydrogen (secondary N) is 2. The molecule has 0 aliphatic carbocycles. The van der Waals surface area contributed by atoms with E-state index in [0.717, 1.165) is 42.4 Å². The molecule has 4 rings (SSSR count). The molecule has 0 amide bonds. The number of ether oxygens (including phenoxy) is 1. The standard InChI is InChI=1S/C27H36N4O2/c1-4-33-22-11-9-21(10-12-22)31-25(30-24-8-6-5-7-23(24)27(31)32)15-18-29-26(19(2)3)20-13-16-28-17-14-20/h5-12,19-20,26,28-29H,4,13-18H2,1-3H3. The third kappa shape index (κ3) is 5.45. The van der Waals surface area contributed by atoms with E-state index in [9.17, 15) is 4.79 Å². The lowest BCUT2D eigenvalue weighted by Gasteiger charge is -2.34. The smallest absolute Gasteiger partial charge is 0.265 e. The van der Waals surface area contributed by atoms with Gasteiger partial charge in [-0.3, -0.25) is 9.36 Å². The van der Waals surface area contributed by atoms with Crippen molar-refractivity contribution in [3.63, 3.8) is 0 Å². The summed E-state index contributed by atoms with van der Waals surface area (Å²) in [4.78, 5) is 18.4. The lowest BCUT2D eigenvalue weighted by molar-refractivity contribution is 0.232. The molecule has 176 valence electrons. The topological polar surface area (TPSA) is 68.2 Å². The zero-order chi connectivity index (χ0) is 23.2. The average Bonchev–Trinajstić information content (AvgIpc) is 2.83. The number of hydrogen-bond acceptors (Lipinski definition) is 5. The first-order valence-electron chi connectivity index (χ1n) is 12.3. The van der Waals surface area contributed by atoms with Crippen molar-refractivity contribution in [3.8, 4) is 11.4 Å². The van der Waals surface area contributed by atoms with E-state index in [-0.39, 0.29) is 5.56 Å². The Morgan fingerprint density at radius 2 is 1.85 bits per heavy atom. The Labute approximate surface area is 196 Å². The number of aromatic nitrogens is 2. The highest BCUT2D eigenvalue weighted by Gasteiger charge is 2.25. The van der Waals surface area contributed by atoms with E-state index in [1.807, 2.05) is 55.5 Å². The Morgan fingerprint density at radius 1 is 1.12 bits per heavy atom. The normalized spacial score (nSPS) is 15.8. The summed E-state index contributed by atoms with van der Waals surface area (Å²) >= 11 is 0. The molecule has 33 heavy (non-hydrogen) atoms. The summed E-state index contributed by atoms with van der Waals surface area (Å²) in [5, 5.41) is 7.91. The maximum atomic E-state index is 13.5. The zero-order valence-electron chi connectivity index (χ0n) is 20.0.